The summed E-state index contributed by atoms with van der Waals surface area (Å²) >= 11 is 0. The number of aromatic nitrogens is 2. The highest BCUT2D eigenvalue weighted by atomic mass is 32.2. The predicted octanol–water partition coefficient (Wildman–Crippen LogP) is 1.36. The number of aryl methyl sites for hydroxylation is 1. The van der Waals surface area contributed by atoms with Crippen LogP contribution in [0, 0.1) is 0 Å². The maximum atomic E-state index is 11.2. The van der Waals surface area contributed by atoms with E-state index in [9.17, 15) is 18.3 Å². The Bertz CT molecular complexity index is 725. The van der Waals surface area contributed by atoms with Gasteiger partial charge in [0.25, 0.3) is 0 Å². The van der Waals surface area contributed by atoms with Crippen LogP contribution in [0.2, 0.25) is 0 Å². The van der Waals surface area contributed by atoms with Crippen molar-refractivity contribution in [3.63, 3.8) is 0 Å². The molecule has 0 spiro atoms. The van der Waals surface area contributed by atoms with Crippen LogP contribution < -0.4 is 0 Å². The van der Waals surface area contributed by atoms with Crippen molar-refractivity contribution in [2.24, 2.45) is 0 Å². The highest BCUT2D eigenvalue weighted by Gasteiger charge is 2.20. The maximum absolute atomic E-state index is 11.2. The average molecular weight is 296 g/mol. The van der Waals surface area contributed by atoms with Crippen LogP contribution in [0.5, 0.6) is 0 Å². The van der Waals surface area contributed by atoms with Gasteiger partial charge >= 0.3 is 5.97 Å². The number of imidazole rings is 1. The van der Waals surface area contributed by atoms with E-state index in [2.05, 4.69) is 4.98 Å². The van der Waals surface area contributed by atoms with Crippen LogP contribution in [0.3, 0.4) is 0 Å². The molecule has 108 valence electrons. The molecular weight excluding hydrogens is 280 g/mol. The molecule has 0 aliphatic rings. The molecule has 20 heavy (non-hydrogen) atoms. The molecule has 0 saturated heterocycles. The summed E-state index contributed by atoms with van der Waals surface area (Å²) in [5.41, 5.74) is 2.00. The fourth-order valence-corrected chi connectivity index (χ4v) is 2.73. The van der Waals surface area contributed by atoms with E-state index in [1.807, 2.05) is 6.92 Å². The van der Waals surface area contributed by atoms with Crippen molar-refractivity contribution in [1.82, 2.24) is 9.55 Å². The third kappa shape index (κ3) is 2.67. The zero-order valence-corrected chi connectivity index (χ0v) is 12.1. The number of nitrogens with zero attached hydrogens (tertiary/aromatic N) is 2. The number of carboxylic acid groups (broad SMARTS) is 1. The average Bonchev–Trinajstić information content (AvgIpc) is 2.74. The van der Waals surface area contributed by atoms with Gasteiger partial charge in [-0.1, -0.05) is 13.0 Å². The first kappa shape index (κ1) is 14.5. The highest BCUT2D eigenvalue weighted by Crippen LogP contribution is 2.23. The fourth-order valence-electron chi connectivity index (χ4n) is 2.23. The molecule has 0 amide bonds. The Balaban J connectivity index is 2.60. The number of hydrogen-bond acceptors (Lipinski definition) is 4. The molecule has 0 aliphatic heterocycles. The lowest BCUT2D eigenvalue weighted by atomic mass is 10.2. The monoisotopic (exact) mass is 296 g/mol. The van der Waals surface area contributed by atoms with E-state index in [-0.39, 0.29) is 5.75 Å². The molecule has 0 fully saturated rings. The Labute approximate surface area is 118 Å². The number of thiol groups is 1. The first-order chi connectivity index (χ1) is 9.43. The summed E-state index contributed by atoms with van der Waals surface area (Å²) in [6.07, 6.45) is 0.609. The molecule has 1 heterocycles. The lowest BCUT2D eigenvalue weighted by Crippen LogP contribution is -2.17. The van der Waals surface area contributed by atoms with Crippen LogP contribution in [0.15, 0.2) is 18.2 Å². The third-order valence-electron chi connectivity index (χ3n) is 3.20. The van der Waals surface area contributed by atoms with Gasteiger partial charge < -0.3 is 9.67 Å². The molecule has 1 atom stereocenters. The summed E-state index contributed by atoms with van der Waals surface area (Å²) in [7, 11) is -2.49. The Morgan fingerprint density at radius 1 is 1.45 bits per heavy atom. The Morgan fingerprint density at radius 3 is 2.70 bits per heavy atom. The first-order valence-electron chi connectivity index (χ1n) is 6.28. The van der Waals surface area contributed by atoms with Crippen LogP contribution in [0.4, 0.5) is 0 Å². The second kappa shape index (κ2) is 5.62. The zero-order chi connectivity index (χ0) is 14.9. The molecule has 2 rings (SSSR count). The van der Waals surface area contributed by atoms with Crippen LogP contribution in [-0.4, -0.2) is 29.0 Å². The third-order valence-corrected chi connectivity index (χ3v) is 3.82. The first-order valence-corrected chi connectivity index (χ1v) is 7.64. The Morgan fingerprint density at radius 2 is 2.15 bits per heavy atom. The standard InChI is InChI=1S/C13H16N2O4S/c1-3-12-14-10-6-9(7-20(18)19)4-5-11(10)15(12)8(2)13(16)17/h4-6,8,20H,3,7H2,1-2H3,(H,16,17). The quantitative estimate of drug-likeness (QED) is 0.813. The van der Waals surface area contributed by atoms with Crippen LogP contribution >= 0.6 is 0 Å². The molecule has 1 aromatic carbocycles. The van der Waals surface area contributed by atoms with Gasteiger partial charge in [0.2, 0.25) is 0 Å². The van der Waals surface area contributed by atoms with Crippen molar-refractivity contribution in [3.8, 4) is 0 Å². The van der Waals surface area contributed by atoms with Crippen LogP contribution in [-0.2, 0) is 27.7 Å². The van der Waals surface area contributed by atoms with Gasteiger partial charge in [-0.3, -0.25) is 0 Å². The van der Waals surface area contributed by atoms with E-state index < -0.39 is 22.7 Å². The smallest absolute Gasteiger partial charge is 0.326 e. The van der Waals surface area contributed by atoms with Crippen molar-refractivity contribution in [3.05, 3.63) is 29.6 Å². The molecule has 0 aliphatic carbocycles. The molecule has 2 aromatic rings. The summed E-state index contributed by atoms with van der Waals surface area (Å²) in [5, 5.41) is 9.18. The van der Waals surface area contributed by atoms with E-state index in [0.717, 1.165) is 0 Å². The SMILES string of the molecule is CCc1nc2cc(C[SH](=O)=O)ccc2n1C(C)C(=O)O. The molecule has 7 heteroatoms. The van der Waals surface area contributed by atoms with Crippen molar-refractivity contribution in [2.45, 2.75) is 32.1 Å². The minimum Gasteiger partial charge on any atom is -0.480 e. The summed E-state index contributed by atoms with van der Waals surface area (Å²) < 4.78 is 23.2. The van der Waals surface area contributed by atoms with Gasteiger partial charge in [0.05, 0.1) is 16.8 Å². The van der Waals surface area contributed by atoms with Gasteiger partial charge in [-0.15, -0.1) is 0 Å². The van der Waals surface area contributed by atoms with Crippen LogP contribution in [0.25, 0.3) is 11.0 Å². The normalized spacial score (nSPS) is 12.9. The van der Waals surface area contributed by atoms with Gasteiger partial charge in [-0.2, -0.15) is 0 Å². The molecule has 1 unspecified atom stereocenters. The number of fused-ring (bicyclic) bond motifs is 1. The number of carbonyl (C=O) groups is 1. The summed E-state index contributed by atoms with van der Waals surface area (Å²) in [4.78, 5) is 15.6. The van der Waals surface area contributed by atoms with Gasteiger partial charge in [0, 0.05) is 6.42 Å². The molecule has 1 N–H and O–H groups in total. The van der Waals surface area contributed by atoms with Crippen molar-refractivity contribution < 1.29 is 18.3 Å². The number of carboxylic acids is 1. The van der Waals surface area contributed by atoms with Crippen molar-refractivity contribution >= 4 is 27.7 Å². The van der Waals surface area contributed by atoms with Crippen molar-refractivity contribution in [2.75, 3.05) is 0 Å². The van der Waals surface area contributed by atoms with Gasteiger partial charge in [0.15, 0.2) is 0 Å². The fraction of sp³-hybridized carbons (Fsp3) is 0.385. The number of benzene rings is 1. The number of rotatable bonds is 5. The Kier molecular flexibility index (Phi) is 4.08. The van der Waals surface area contributed by atoms with Crippen molar-refractivity contribution in [1.29, 1.82) is 0 Å². The molecule has 1 aromatic heterocycles. The topological polar surface area (TPSA) is 89.3 Å². The number of hydrogen-bond donors (Lipinski definition) is 2. The van der Waals surface area contributed by atoms with Gasteiger partial charge in [-0.05, 0) is 24.6 Å². The summed E-state index contributed by atoms with van der Waals surface area (Å²) in [5.74, 6) is -0.280. The van der Waals surface area contributed by atoms with Gasteiger partial charge in [-0.25, -0.2) is 18.2 Å². The van der Waals surface area contributed by atoms with E-state index in [0.29, 0.717) is 28.8 Å². The minimum atomic E-state index is -2.49. The van der Waals surface area contributed by atoms with Crippen LogP contribution in [0.1, 0.15) is 31.3 Å². The molecule has 6 nitrogen and oxygen atoms in total. The lowest BCUT2D eigenvalue weighted by Gasteiger charge is -2.12. The molecule has 0 saturated carbocycles. The maximum Gasteiger partial charge on any atom is 0.326 e. The number of aliphatic carboxylic acids is 1. The van der Waals surface area contributed by atoms with E-state index in [1.54, 1.807) is 29.7 Å². The summed E-state index contributed by atoms with van der Waals surface area (Å²) in [6, 6.07) is 4.41. The zero-order valence-electron chi connectivity index (χ0n) is 11.2. The lowest BCUT2D eigenvalue weighted by molar-refractivity contribution is -0.140. The summed E-state index contributed by atoms with van der Waals surface area (Å²) in [6.45, 7) is 3.51. The second-order valence-electron chi connectivity index (χ2n) is 4.58. The highest BCUT2D eigenvalue weighted by molar-refractivity contribution is 7.71. The second-order valence-corrected chi connectivity index (χ2v) is 5.56. The Hall–Kier alpha value is -1.89. The molecular formula is C13H16N2O4S. The van der Waals surface area contributed by atoms with Gasteiger partial charge in [0.1, 0.15) is 22.6 Å². The predicted molar refractivity (Wildman–Crippen MR) is 75.5 cm³/mol. The van der Waals surface area contributed by atoms with E-state index >= 15 is 0 Å². The largest absolute Gasteiger partial charge is 0.480 e. The van der Waals surface area contributed by atoms with E-state index in [1.165, 1.54) is 0 Å². The minimum absolute atomic E-state index is 0.0337. The van der Waals surface area contributed by atoms with E-state index in [4.69, 9.17) is 0 Å². The molecule has 0 bridgehead atoms. The molecule has 0 radical (unpaired) electrons.